The van der Waals surface area contributed by atoms with Gasteiger partial charge in [0.2, 0.25) is 5.91 Å². The Morgan fingerprint density at radius 3 is 2.48 bits per heavy atom. The van der Waals surface area contributed by atoms with E-state index in [1.165, 1.54) is 13.2 Å². The average molecular weight is 382 g/mol. The van der Waals surface area contributed by atoms with Crippen molar-refractivity contribution in [1.82, 2.24) is 0 Å². The molecule has 0 radical (unpaired) electrons. The predicted octanol–water partition coefficient (Wildman–Crippen LogP) is 4.55. The number of anilines is 2. The summed E-state index contributed by atoms with van der Waals surface area (Å²) in [6.07, 6.45) is -3.78. The minimum atomic E-state index is -4.49. The first-order valence-corrected chi connectivity index (χ1v) is 8.36. The highest BCUT2D eigenvalue weighted by Crippen LogP contribution is 2.35. The molecule has 146 valence electrons. The van der Waals surface area contributed by atoms with Crippen molar-refractivity contribution in [3.05, 3.63) is 48.0 Å². The van der Waals surface area contributed by atoms with Crippen LogP contribution in [0.25, 0.3) is 0 Å². The Kier molecular flexibility index (Phi) is 6.92. The number of hydrogen-bond acceptors (Lipinski definition) is 4. The van der Waals surface area contributed by atoms with E-state index in [1.54, 1.807) is 24.3 Å². The molecule has 1 amide bonds. The lowest BCUT2D eigenvalue weighted by Crippen LogP contribution is -2.22. The maximum absolute atomic E-state index is 13.0. The minimum absolute atomic E-state index is 0.105. The Morgan fingerprint density at radius 2 is 1.81 bits per heavy atom. The van der Waals surface area contributed by atoms with Crippen molar-refractivity contribution in [1.29, 1.82) is 0 Å². The second-order valence-corrected chi connectivity index (χ2v) is 5.66. The van der Waals surface area contributed by atoms with Gasteiger partial charge in [0.05, 0.1) is 37.2 Å². The van der Waals surface area contributed by atoms with Gasteiger partial charge >= 0.3 is 6.18 Å². The number of nitrogens with one attached hydrogen (secondary N) is 2. The summed E-state index contributed by atoms with van der Waals surface area (Å²) in [5.41, 5.74) is -0.245. The Labute approximate surface area is 155 Å². The third-order valence-electron chi connectivity index (χ3n) is 3.59. The van der Waals surface area contributed by atoms with Gasteiger partial charge in [-0.05, 0) is 36.8 Å². The Balaban J connectivity index is 2.11. The zero-order chi connectivity index (χ0) is 19.9. The number of halogens is 3. The van der Waals surface area contributed by atoms with E-state index in [2.05, 4.69) is 10.6 Å². The van der Waals surface area contributed by atoms with E-state index in [4.69, 9.17) is 9.47 Å². The molecule has 0 fully saturated rings. The molecule has 2 aromatic rings. The van der Waals surface area contributed by atoms with Crippen molar-refractivity contribution < 1.29 is 27.4 Å². The summed E-state index contributed by atoms with van der Waals surface area (Å²) in [5.74, 6) is 0.310. The van der Waals surface area contributed by atoms with Gasteiger partial charge in [-0.1, -0.05) is 19.1 Å². The van der Waals surface area contributed by atoms with Gasteiger partial charge in [-0.15, -0.1) is 0 Å². The number of carbonyl (C=O) groups excluding carboxylic acids is 1. The molecule has 2 aromatic carbocycles. The molecule has 0 heterocycles. The van der Waals surface area contributed by atoms with Gasteiger partial charge in [-0.2, -0.15) is 13.2 Å². The molecule has 0 saturated carbocycles. The van der Waals surface area contributed by atoms with Crippen LogP contribution in [0.2, 0.25) is 0 Å². The van der Waals surface area contributed by atoms with Crippen LogP contribution < -0.4 is 20.1 Å². The van der Waals surface area contributed by atoms with Gasteiger partial charge < -0.3 is 20.1 Å². The predicted molar refractivity (Wildman–Crippen MR) is 97.3 cm³/mol. The minimum Gasteiger partial charge on any atom is -0.495 e. The lowest BCUT2D eigenvalue weighted by Gasteiger charge is -2.16. The van der Waals surface area contributed by atoms with E-state index in [1.807, 2.05) is 6.92 Å². The molecule has 0 spiro atoms. The van der Waals surface area contributed by atoms with E-state index in [0.717, 1.165) is 12.1 Å². The van der Waals surface area contributed by atoms with Crippen molar-refractivity contribution in [3.8, 4) is 11.5 Å². The van der Waals surface area contributed by atoms with Crippen LogP contribution in [-0.2, 0) is 11.0 Å². The van der Waals surface area contributed by atoms with Gasteiger partial charge in [0.25, 0.3) is 0 Å². The third kappa shape index (κ3) is 5.80. The second-order valence-electron chi connectivity index (χ2n) is 5.66. The van der Waals surface area contributed by atoms with Crippen molar-refractivity contribution in [3.63, 3.8) is 0 Å². The lowest BCUT2D eigenvalue weighted by molar-refractivity contribution is -0.137. The van der Waals surface area contributed by atoms with E-state index in [0.29, 0.717) is 24.5 Å². The molecule has 0 aliphatic rings. The summed E-state index contributed by atoms with van der Waals surface area (Å²) < 4.78 is 49.5. The largest absolute Gasteiger partial charge is 0.495 e. The Hall–Kier alpha value is -2.90. The van der Waals surface area contributed by atoms with Crippen LogP contribution in [0.5, 0.6) is 11.5 Å². The van der Waals surface area contributed by atoms with Crippen molar-refractivity contribution in [2.75, 3.05) is 30.9 Å². The van der Waals surface area contributed by atoms with Gasteiger partial charge in [0.1, 0.15) is 11.5 Å². The summed E-state index contributed by atoms with van der Waals surface area (Å²) >= 11 is 0. The van der Waals surface area contributed by atoms with E-state index >= 15 is 0 Å². The number of amides is 1. The van der Waals surface area contributed by atoms with Crippen LogP contribution in [0, 0.1) is 0 Å². The number of para-hydroxylation sites is 2. The first kappa shape index (κ1) is 20.4. The maximum atomic E-state index is 13.0. The maximum Gasteiger partial charge on any atom is 0.416 e. The smallest absolute Gasteiger partial charge is 0.416 e. The molecule has 0 atom stereocenters. The molecule has 0 aliphatic carbocycles. The molecule has 27 heavy (non-hydrogen) atoms. The molecule has 0 saturated heterocycles. The molecule has 2 N–H and O–H groups in total. The summed E-state index contributed by atoms with van der Waals surface area (Å²) in [6.45, 7) is 2.01. The number of hydrogen-bond donors (Lipinski definition) is 2. The second kappa shape index (κ2) is 9.16. The van der Waals surface area contributed by atoms with Crippen molar-refractivity contribution >= 4 is 17.3 Å². The lowest BCUT2D eigenvalue weighted by atomic mass is 10.1. The zero-order valence-corrected chi connectivity index (χ0v) is 15.0. The van der Waals surface area contributed by atoms with Crippen LogP contribution in [0.3, 0.4) is 0 Å². The molecule has 5 nitrogen and oxygen atoms in total. The number of rotatable bonds is 8. The normalized spacial score (nSPS) is 11.0. The summed E-state index contributed by atoms with van der Waals surface area (Å²) in [5, 5.41) is 5.36. The molecule has 0 bridgehead atoms. The van der Waals surface area contributed by atoms with Gasteiger partial charge in [-0.3, -0.25) is 4.79 Å². The summed E-state index contributed by atoms with van der Waals surface area (Å²) in [7, 11) is 1.48. The number of ether oxygens (including phenoxy) is 2. The molecule has 2 rings (SSSR count). The fraction of sp³-hybridized carbons (Fsp3) is 0.316. The molecule has 0 aliphatic heterocycles. The van der Waals surface area contributed by atoms with E-state index < -0.39 is 17.6 Å². The quantitative estimate of drug-likeness (QED) is 0.703. The number of benzene rings is 2. The Morgan fingerprint density at radius 1 is 1.07 bits per heavy atom. The molecule has 0 aromatic heterocycles. The number of carbonyl (C=O) groups is 1. The van der Waals surface area contributed by atoms with Crippen LogP contribution >= 0.6 is 0 Å². The first-order chi connectivity index (χ1) is 12.8. The molecular weight excluding hydrogens is 361 g/mol. The number of alkyl halides is 3. The highest BCUT2D eigenvalue weighted by Gasteiger charge is 2.31. The van der Waals surface area contributed by atoms with Crippen LogP contribution in [0.15, 0.2) is 42.5 Å². The highest BCUT2D eigenvalue weighted by molar-refractivity contribution is 5.95. The molecule has 0 unspecified atom stereocenters. The zero-order valence-electron chi connectivity index (χ0n) is 15.0. The fourth-order valence-corrected chi connectivity index (χ4v) is 2.30. The number of methoxy groups -OCH3 is 1. The SMILES string of the molecule is CCCOc1ccc(C(F)(F)F)cc1NCC(=O)Nc1ccccc1OC. The highest BCUT2D eigenvalue weighted by atomic mass is 19.4. The van der Waals surface area contributed by atoms with Gasteiger partial charge in [-0.25, -0.2) is 0 Å². The van der Waals surface area contributed by atoms with E-state index in [-0.39, 0.29) is 18.0 Å². The standard InChI is InChI=1S/C19H21F3N2O3/c1-3-10-27-17-9-8-13(19(20,21)22)11-15(17)23-12-18(25)24-14-6-4-5-7-16(14)26-2/h4-9,11,23H,3,10,12H2,1-2H3,(H,24,25). The average Bonchev–Trinajstić information content (AvgIpc) is 2.64. The van der Waals surface area contributed by atoms with Crippen LogP contribution in [-0.4, -0.2) is 26.2 Å². The van der Waals surface area contributed by atoms with Crippen LogP contribution in [0.1, 0.15) is 18.9 Å². The molecule has 8 heteroatoms. The van der Waals surface area contributed by atoms with Gasteiger partial charge in [0.15, 0.2) is 0 Å². The summed E-state index contributed by atoms with van der Waals surface area (Å²) in [6, 6.07) is 9.97. The third-order valence-corrected chi connectivity index (χ3v) is 3.59. The van der Waals surface area contributed by atoms with Gasteiger partial charge in [0, 0.05) is 0 Å². The Bertz CT molecular complexity index is 779. The molecular formula is C19H21F3N2O3. The van der Waals surface area contributed by atoms with Crippen LogP contribution in [0.4, 0.5) is 24.5 Å². The van der Waals surface area contributed by atoms with E-state index in [9.17, 15) is 18.0 Å². The van der Waals surface area contributed by atoms with Crippen molar-refractivity contribution in [2.45, 2.75) is 19.5 Å². The monoisotopic (exact) mass is 382 g/mol. The fourth-order valence-electron chi connectivity index (χ4n) is 2.30. The summed E-state index contributed by atoms with van der Waals surface area (Å²) in [4.78, 5) is 12.2. The van der Waals surface area contributed by atoms with Crippen molar-refractivity contribution in [2.24, 2.45) is 0 Å². The first-order valence-electron chi connectivity index (χ1n) is 8.36. The topological polar surface area (TPSA) is 59.6 Å².